The first-order valence-electron chi connectivity index (χ1n) is 13.5. The Bertz CT molecular complexity index is 1270. The van der Waals surface area contributed by atoms with Crippen LogP contribution in [0.1, 0.15) is 75.3 Å². The van der Waals surface area contributed by atoms with Crippen molar-refractivity contribution in [1.29, 1.82) is 0 Å². The van der Waals surface area contributed by atoms with Crippen molar-refractivity contribution >= 4 is 27.5 Å². The lowest BCUT2D eigenvalue weighted by molar-refractivity contribution is -0.151. The smallest absolute Gasteiger partial charge is 0.306 e. The van der Waals surface area contributed by atoms with Crippen molar-refractivity contribution in [2.45, 2.75) is 76.9 Å². The summed E-state index contributed by atoms with van der Waals surface area (Å²) in [7, 11) is 0. The monoisotopic (exact) mass is 480 g/mol. The number of benzene rings is 4. The van der Waals surface area contributed by atoms with Gasteiger partial charge in [-0.2, -0.15) is 0 Å². The van der Waals surface area contributed by atoms with Gasteiger partial charge in [0.05, 0.1) is 0 Å². The van der Waals surface area contributed by atoms with E-state index in [1.165, 1.54) is 39.1 Å². The van der Waals surface area contributed by atoms with E-state index in [-0.39, 0.29) is 18.0 Å². The molecule has 0 unspecified atom stereocenters. The number of esters is 1. The Labute approximate surface area is 214 Å². The molecule has 0 aromatic heterocycles. The van der Waals surface area contributed by atoms with Crippen molar-refractivity contribution in [3.63, 3.8) is 0 Å². The van der Waals surface area contributed by atoms with Crippen LogP contribution in [0.3, 0.4) is 0 Å². The van der Waals surface area contributed by atoms with Gasteiger partial charge < -0.3 is 9.47 Å². The van der Waals surface area contributed by atoms with Crippen LogP contribution in [0.15, 0.2) is 78.9 Å². The third-order valence-electron chi connectivity index (χ3n) is 7.52. The molecule has 4 aromatic rings. The lowest BCUT2D eigenvalue weighted by Gasteiger charge is -2.31. The highest BCUT2D eigenvalue weighted by atomic mass is 16.5. The summed E-state index contributed by atoms with van der Waals surface area (Å²) in [5.41, 5.74) is 2.42. The third kappa shape index (κ3) is 5.56. The van der Waals surface area contributed by atoms with Gasteiger partial charge in [-0.3, -0.25) is 4.79 Å². The Morgan fingerprint density at radius 2 is 1.56 bits per heavy atom. The van der Waals surface area contributed by atoms with E-state index in [1.807, 2.05) is 6.07 Å². The third-order valence-corrected chi connectivity index (χ3v) is 7.52. The zero-order chi connectivity index (χ0) is 24.7. The maximum Gasteiger partial charge on any atom is 0.306 e. The molecule has 2 atom stereocenters. The number of unbranched alkanes of at least 4 members (excludes halogenated alkanes) is 2. The number of fused-ring (bicyclic) bond motifs is 2. The van der Waals surface area contributed by atoms with E-state index in [4.69, 9.17) is 9.47 Å². The summed E-state index contributed by atoms with van der Waals surface area (Å²) in [6.45, 7) is 2.66. The van der Waals surface area contributed by atoms with Gasteiger partial charge in [0.25, 0.3) is 0 Å². The van der Waals surface area contributed by atoms with Crippen LogP contribution >= 0.6 is 0 Å². The predicted molar refractivity (Wildman–Crippen MR) is 147 cm³/mol. The van der Waals surface area contributed by atoms with Gasteiger partial charge in [-0.25, -0.2) is 0 Å². The van der Waals surface area contributed by atoms with Gasteiger partial charge in [-0.1, -0.05) is 86.8 Å². The fourth-order valence-electron chi connectivity index (χ4n) is 5.62. The molecule has 0 N–H and O–H groups in total. The summed E-state index contributed by atoms with van der Waals surface area (Å²) in [5.74, 6) is 1.05. The van der Waals surface area contributed by atoms with Gasteiger partial charge in [0.2, 0.25) is 0 Å². The molecule has 0 heterocycles. The molecule has 0 spiro atoms. The molecule has 5 rings (SSSR count). The molecule has 0 saturated heterocycles. The Morgan fingerprint density at radius 3 is 2.31 bits per heavy atom. The number of hydrogen-bond donors (Lipinski definition) is 0. The van der Waals surface area contributed by atoms with Crippen LogP contribution in [-0.2, 0) is 16.1 Å². The van der Waals surface area contributed by atoms with Crippen molar-refractivity contribution in [3.05, 3.63) is 90.0 Å². The number of carbonyl (C=O) groups excluding carboxylic acids is 1. The topological polar surface area (TPSA) is 35.5 Å². The van der Waals surface area contributed by atoms with Gasteiger partial charge in [0, 0.05) is 17.9 Å². The summed E-state index contributed by atoms with van der Waals surface area (Å²) in [6.07, 6.45) is 7.87. The summed E-state index contributed by atoms with van der Waals surface area (Å²) < 4.78 is 12.4. The van der Waals surface area contributed by atoms with E-state index < -0.39 is 0 Å². The molecule has 1 fully saturated rings. The van der Waals surface area contributed by atoms with Crippen LogP contribution in [0.25, 0.3) is 21.5 Å². The van der Waals surface area contributed by atoms with Gasteiger partial charge in [-0.15, -0.1) is 0 Å². The van der Waals surface area contributed by atoms with E-state index in [0.29, 0.717) is 13.0 Å². The van der Waals surface area contributed by atoms with Gasteiger partial charge in [0.1, 0.15) is 18.5 Å². The standard InChI is InChI=1S/C33H36O3/c1-2-3-4-20-33(34)36-32-19-10-9-18-30(32)26-14-11-15-27(22-26)35-23-31-28-16-7-5-12-24(28)21-25-13-6-8-17-29(25)31/h5-8,11-17,21-22,30,32H,2-4,9-10,18-20,23H2,1H3/t30-,32+/m1/s1. The van der Waals surface area contributed by atoms with Gasteiger partial charge in [-0.05, 0) is 71.0 Å². The Morgan fingerprint density at radius 1 is 0.833 bits per heavy atom. The maximum atomic E-state index is 12.5. The van der Waals surface area contributed by atoms with Gasteiger partial charge >= 0.3 is 5.97 Å². The molecular formula is C33H36O3. The van der Waals surface area contributed by atoms with Crippen LogP contribution in [0.4, 0.5) is 0 Å². The van der Waals surface area contributed by atoms with Crippen LogP contribution in [0, 0.1) is 0 Å². The second kappa shape index (κ2) is 11.6. The summed E-state index contributed by atoms with van der Waals surface area (Å²) >= 11 is 0. The molecule has 186 valence electrons. The van der Waals surface area contributed by atoms with Crippen molar-refractivity contribution in [2.24, 2.45) is 0 Å². The average Bonchev–Trinajstić information content (AvgIpc) is 2.91. The molecule has 1 aliphatic carbocycles. The highest BCUT2D eigenvalue weighted by Crippen LogP contribution is 2.37. The summed E-state index contributed by atoms with van der Waals surface area (Å²) in [4.78, 5) is 12.5. The lowest BCUT2D eigenvalue weighted by Crippen LogP contribution is -2.28. The molecule has 3 heteroatoms. The van der Waals surface area contributed by atoms with Crippen molar-refractivity contribution in [1.82, 2.24) is 0 Å². The molecule has 3 nitrogen and oxygen atoms in total. The maximum absolute atomic E-state index is 12.5. The van der Waals surface area contributed by atoms with E-state index in [0.717, 1.165) is 44.3 Å². The second-order valence-corrected chi connectivity index (χ2v) is 10.0. The first-order chi connectivity index (χ1) is 17.7. The molecule has 0 amide bonds. The molecule has 0 bridgehead atoms. The number of hydrogen-bond acceptors (Lipinski definition) is 3. The molecule has 36 heavy (non-hydrogen) atoms. The predicted octanol–water partition coefficient (Wildman–Crippen LogP) is 8.72. The zero-order valence-corrected chi connectivity index (χ0v) is 21.2. The molecule has 1 saturated carbocycles. The fraction of sp³-hybridized carbons (Fsp3) is 0.364. The average molecular weight is 481 g/mol. The number of rotatable bonds is 9. The van der Waals surface area contributed by atoms with Crippen molar-refractivity contribution < 1.29 is 14.3 Å². The molecule has 1 aliphatic rings. The first kappa shape index (κ1) is 24.4. The lowest BCUT2D eigenvalue weighted by atomic mass is 9.81. The summed E-state index contributed by atoms with van der Waals surface area (Å²) in [6, 6.07) is 27.7. The van der Waals surface area contributed by atoms with E-state index in [1.54, 1.807) is 0 Å². The summed E-state index contributed by atoms with van der Waals surface area (Å²) in [5, 5.41) is 4.92. The quantitative estimate of drug-likeness (QED) is 0.136. The highest BCUT2D eigenvalue weighted by Gasteiger charge is 2.29. The molecule has 0 radical (unpaired) electrons. The van der Waals surface area contributed by atoms with Crippen molar-refractivity contribution in [2.75, 3.05) is 0 Å². The number of ether oxygens (including phenoxy) is 2. The van der Waals surface area contributed by atoms with Crippen LogP contribution in [-0.4, -0.2) is 12.1 Å². The first-order valence-corrected chi connectivity index (χ1v) is 13.5. The fourth-order valence-corrected chi connectivity index (χ4v) is 5.62. The van der Waals surface area contributed by atoms with Crippen LogP contribution < -0.4 is 4.74 Å². The Kier molecular flexibility index (Phi) is 7.85. The minimum absolute atomic E-state index is 0.0369. The molecule has 4 aromatic carbocycles. The minimum atomic E-state index is -0.0458. The van der Waals surface area contributed by atoms with Crippen molar-refractivity contribution in [3.8, 4) is 5.75 Å². The second-order valence-electron chi connectivity index (χ2n) is 10.0. The van der Waals surface area contributed by atoms with E-state index in [2.05, 4.69) is 79.7 Å². The van der Waals surface area contributed by atoms with Crippen LogP contribution in [0.5, 0.6) is 5.75 Å². The molecule has 0 aliphatic heterocycles. The molecular weight excluding hydrogens is 444 g/mol. The highest BCUT2D eigenvalue weighted by molar-refractivity contribution is 6.02. The Balaban J connectivity index is 1.34. The number of carbonyl (C=O) groups is 1. The van der Waals surface area contributed by atoms with E-state index >= 15 is 0 Å². The normalized spacial score (nSPS) is 17.8. The SMILES string of the molecule is CCCCCC(=O)O[C@H]1CCCC[C@@H]1c1cccc(OCc2c3ccccc3cc3ccccc23)c1. The van der Waals surface area contributed by atoms with E-state index in [9.17, 15) is 4.79 Å². The minimum Gasteiger partial charge on any atom is -0.489 e. The van der Waals surface area contributed by atoms with Crippen LogP contribution in [0.2, 0.25) is 0 Å². The van der Waals surface area contributed by atoms with Gasteiger partial charge in [0.15, 0.2) is 0 Å². The zero-order valence-electron chi connectivity index (χ0n) is 21.2. The Hall–Kier alpha value is -3.33. The largest absolute Gasteiger partial charge is 0.489 e.